The van der Waals surface area contributed by atoms with Crippen molar-refractivity contribution < 1.29 is 4.79 Å². The van der Waals surface area contributed by atoms with Gasteiger partial charge in [0.1, 0.15) is 5.82 Å². The highest BCUT2D eigenvalue weighted by molar-refractivity contribution is 5.92. The van der Waals surface area contributed by atoms with Crippen molar-refractivity contribution in [3.8, 4) is 0 Å². The zero-order chi connectivity index (χ0) is 21.3. The van der Waals surface area contributed by atoms with Crippen LogP contribution in [0.15, 0.2) is 66.9 Å². The second-order valence-corrected chi connectivity index (χ2v) is 7.45. The number of nitrogens with one attached hydrogen (secondary N) is 3. The third-order valence-corrected chi connectivity index (χ3v) is 4.48. The normalized spacial score (nSPS) is 11.7. The summed E-state index contributed by atoms with van der Waals surface area (Å²) < 4.78 is 0. The molecule has 1 amide bonds. The van der Waals surface area contributed by atoms with E-state index < -0.39 is 0 Å². The maximum Gasteiger partial charge on any atom is 0.238 e. The Balaban J connectivity index is 1.60. The number of aromatic nitrogens is 2. The molecule has 3 rings (SSSR count). The Hall–Kier alpha value is -3.45. The molecule has 0 aliphatic carbocycles. The van der Waals surface area contributed by atoms with Gasteiger partial charge in [-0.2, -0.15) is 4.98 Å². The summed E-state index contributed by atoms with van der Waals surface area (Å²) in [4.78, 5) is 22.6. The first-order valence-electron chi connectivity index (χ1n) is 9.93. The molecule has 30 heavy (non-hydrogen) atoms. The van der Waals surface area contributed by atoms with Crippen molar-refractivity contribution in [2.24, 2.45) is 0 Å². The topological polar surface area (TPSA) is 82.2 Å². The van der Waals surface area contributed by atoms with Gasteiger partial charge in [-0.05, 0) is 49.8 Å². The Bertz CT molecular complexity index is 961. The number of nitrogens with zero attached hydrogens (tertiary/aromatic N) is 3. The van der Waals surface area contributed by atoms with Crippen LogP contribution in [0.5, 0.6) is 0 Å². The minimum absolute atomic E-state index is 0.0628. The van der Waals surface area contributed by atoms with Crippen LogP contribution in [-0.4, -0.2) is 48.0 Å². The van der Waals surface area contributed by atoms with Crippen LogP contribution in [-0.2, 0) is 4.79 Å². The van der Waals surface area contributed by atoms with E-state index in [-0.39, 0.29) is 5.91 Å². The highest BCUT2D eigenvalue weighted by Gasteiger charge is 2.07. The van der Waals surface area contributed by atoms with E-state index in [1.165, 1.54) is 5.56 Å². The zero-order valence-corrected chi connectivity index (χ0v) is 17.6. The van der Waals surface area contributed by atoms with E-state index in [0.29, 0.717) is 18.4 Å². The van der Waals surface area contributed by atoms with Crippen molar-refractivity contribution >= 4 is 29.0 Å². The second-order valence-electron chi connectivity index (χ2n) is 7.45. The summed E-state index contributed by atoms with van der Waals surface area (Å²) in [5.41, 5.74) is 2.80. The van der Waals surface area contributed by atoms with E-state index in [0.717, 1.165) is 23.7 Å². The van der Waals surface area contributed by atoms with Crippen LogP contribution in [0.4, 0.5) is 23.1 Å². The summed E-state index contributed by atoms with van der Waals surface area (Å²) in [6.07, 6.45) is 1.72. The zero-order valence-electron chi connectivity index (χ0n) is 17.6. The highest BCUT2D eigenvalue weighted by Crippen LogP contribution is 2.20. The van der Waals surface area contributed by atoms with Crippen LogP contribution >= 0.6 is 0 Å². The lowest BCUT2D eigenvalue weighted by atomic mass is 10.0. The van der Waals surface area contributed by atoms with Gasteiger partial charge >= 0.3 is 0 Å². The van der Waals surface area contributed by atoms with E-state index >= 15 is 0 Å². The third-order valence-electron chi connectivity index (χ3n) is 4.48. The molecule has 0 bridgehead atoms. The molecule has 1 aromatic heterocycles. The fourth-order valence-electron chi connectivity index (χ4n) is 2.97. The average Bonchev–Trinajstić information content (AvgIpc) is 2.72. The molecule has 156 valence electrons. The van der Waals surface area contributed by atoms with E-state index in [4.69, 9.17) is 0 Å². The molecule has 3 aromatic rings. The first kappa shape index (κ1) is 21.3. The number of benzene rings is 2. The molecule has 7 nitrogen and oxygen atoms in total. The van der Waals surface area contributed by atoms with Gasteiger partial charge in [-0.25, -0.2) is 4.98 Å². The Morgan fingerprint density at radius 1 is 1.03 bits per heavy atom. The lowest BCUT2D eigenvalue weighted by Gasteiger charge is -2.14. The lowest BCUT2D eigenvalue weighted by molar-refractivity contribution is -0.116. The molecule has 0 radical (unpaired) electrons. The average molecular weight is 405 g/mol. The number of hydrogen-bond donors (Lipinski definition) is 3. The number of amides is 1. The van der Waals surface area contributed by atoms with E-state index in [1.54, 1.807) is 6.20 Å². The minimum Gasteiger partial charge on any atom is -0.369 e. The number of likely N-dealkylation sites (N-methyl/N-ethyl adjacent to an activating group) is 1. The van der Waals surface area contributed by atoms with Gasteiger partial charge in [0.05, 0.1) is 6.54 Å². The van der Waals surface area contributed by atoms with Crippen LogP contribution in [0.1, 0.15) is 18.4 Å². The Morgan fingerprint density at radius 2 is 1.80 bits per heavy atom. The second kappa shape index (κ2) is 10.4. The molecule has 0 unspecified atom stereocenters. The summed E-state index contributed by atoms with van der Waals surface area (Å²) in [6, 6.07) is 19.7. The summed E-state index contributed by atoms with van der Waals surface area (Å²) in [7, 11) is 3.72. The number of rotatable bonds is 9. The molecule has 0 spiro atoms. The Kier molecular flexibility index (Phi) is 7.34. The van der Waals surface area contributed by atoms with Crippen molar-refractivity contribution in [2.45, 2.75) is 12.8 Å². The molecule has 0 saturated heterocycles. The van der Waals surface area contributed by atoms with Crippen molar-refractivity contribution in [2.75, 3.05) is 43.1 Å². The van der Waals surface area contributed by atoms with Crippen molar-refractivity contribution in [3.05, 3.63) is 72.4 Å². The largest absolute Gasteiger partial charge is 0.369 e. The van der Waals surface area contributed by atoms with Crippen LogP contribution in [0.25, 0.3) is 0 Å². The molecular formula is C23H28N6O. The van der Waals surface area contributed by atoms with Gasteiger partial charge in [0.25, 0.3) is 0 Å². The van der Waals surface area contributed by atoms with Gasteiger partial charge in [0.15, 0.2) is 0 Å². The van der Waals surface area contributed by atoms with Crippen molar-refractivity contribution in [1.82, 2.24) is 14.9 Å². The Morgan fingerprint density at radius 3 is 2.57 bits per heavy atom. The summed E-state index contributed by atoms with van der Waals surface area (Å²) in [6.45, 7) is 3.28. The molecule has 0 aliphatic heterocycles. The fraction of sp³-hybridized carbons (Fsp3) is 0.261. The van der Waals surface area contributed by atoms with Gasteiger partial charge in [-0.3, -0.25) is 4.79 Å². The maximum absolute atomic E-state index is 12.0. The maximum atomic E-state index is 12.0. The van der Waals surface area contributed by atoms with E-state index in [9.17, 15) is 4.79 Å². The van der Waals surface area contributed by atoms with E-state index in [2.05, 4.69) is 57.1 Å². The minimum atomic E-state index is -0.0628. The molecule has 0 saturated carbocycles. The molecule has 7 heteroatoms. The number of carbonyl (C=O) groups excluding carboxylic acids is 1. The molecule has 1 atom stereocenters. The number of carbonyl (C=O) groups is 1. The number of anilines is 4. The first-order valence-corrected chi connectivity index (χ1v) is 9.93. The van der Waals surface area contributed by atoms with Gasteiger partial charge < -0.3 is 20.9 Å². The van der Waals surface area contributed by atoms with Gasteiger partial charge in [-0.1, -0.05) is 43.3 Å². The lowest BCUT2D eigenvalue weighted by Crippen LogP contribution is -2.27. The van der Waals surface area contributed by atoms with Crippen molar-refractivity contribution in [1.29, 1.82) is 0 Å². The smallest absolute Gasteiger partial charge is 0.238 e. The third kappa shape index (κ3) is 6.56. The van der Waals surface area contributed by atoms with Crippen LogP contribution in [0.2, 0.25) is 0 Å². The Labute approximate surface area is 177 Å². The van der Waals surface area contributed by atoms with E-state index in [1.807, 2.05) is 55.4 Å². The monoisotopic (exact) mass is 404 g/mol. The standard InChI is InChI=1S/C23H28N6O/c1-17(18-8-5-4-6-9-18)15-25-21-12-13-24-23(28-21)27-20-11-7-10-19(14-20)26-22(30)16-29(2)3/h4-14,17H,15-16H2,1-3H3,(H,26,30)(H2,24,25,27,28)/t17-/m0/s1. The summed E-state index contributed by atoms with van der Waals surface area (Å²) in [5.74, 6) is 1.54. The molecule has 0 aliphatic rings. The highest BCUT2D eigenvalue weighted by atomic mass is 16.2. The van der Waals surface area contributed by atoms with Gasteiger partial charge in [0.2, 0.25) is 11.9 Å². The van der Waals surface area contributed by atoms with Crippen LogP contribution < -0.4 is 16.0 Å². The first-order chi connectivity index (χ1) is 14.5. The number of hydrogen-bond acceptors (Lipinski definition) is 6. The summed E-state index contributed by atoms with van der Waals surface area (Å²) >= 11 is 0. The molecular weight excluding hydrogens is 376 g/mol. The molecule has 1 heterocycles. The quantitative estimate of drug-likeness (QED) is 0.501. The molecule has 3 N–H and O–H groups in total. The SMILES string of the molecule is C[C@@H](CNc1ccnc(Nc2cccc(NC(=O)CN(C)C)c2)n1)c1ccccc1. The van der Waals surface area contributed by atoms with Gasteiger partial charge in [0, 0.05) is 24.1 Å². The van der Waals surface area contributed by atoms with Crippen molar-refractivity contribution in [3.63, 3.8) is 0 Å². The fourth-order valence-corrected chi connectivity index (χ4v) is 2.97. The predicted octanol–water partition coefficient (Wildman–Crippen LogP) is 3.94. The van der Waals surface area contributed by atoms with Crippen LogP contribution in [0.3, 0.4) is 0 Å². The molecule has 0 fully saturated rings. The van der Waals surface area contributed by atoms with Crippen LogP contribution in [0, 0.1) is 0 Å². The molecule has 2 aromatic carbocycles. The predicted molar refractivity (Wildman–Crippen MR) is 122 cm³/mol. The summed E-state index contributed by atoms with van der Waals surface area (Å²) in [5, 5.41) is 9.45. The van der Waals surface area contributed by atoms with Gasteiger partial charge in [-0.15, -0.1) is 0 Å².